The van der Waals surface area contributed by atoms with Crippen LogP contribution in [0.25, 0.3) is 0 Å². The second-order valence-electron chi connectivity index (χ2n) is 5.11. The number of benzene rings is 1. The zero-order valence-electron chi connectivity index (χ0n) is 11.7. The van der Waals surface area contributed by atoms with Crippen molar-refractivity contribution in [2.24, 2.45) is 0 Å². The molecule has 4 nitrogen and oxygen atoms in total. The predicted molar refractivity (Wildman–Crippen MR) is 84.9 cm³/mol. The van der Waals surface area contributed by atoms with Crippen molar-refractivity contribution in [2.75, 3.05) is 31.1 Å². The molecule has 1 aliphatic heterocycles. The molecular weight excluding hydrogens is 284 g/mol. The van der Waals surface area contributed by atoms with Gasteiger partial charge in [-0.3, -0.25) is 9.69 Å². The van der Waals surface area contributed by atoms with E-state index in [9.17, 15) is 9.90 Å². The van der Waals surface area contributed by atoms with Gasteiger partial charge in [0.25, 0.3) is 0 Å². The molecule has 3 rings (SSSR count). The highest BCUT2D eigenvalue weighted by Gasteiger charge is 2.30. The number of thiophene rings is 1. The third-order valence-electron chi connectivity index (χ3n) is 3.85. The van der Waals surface area contributed by atoms with Crippen LogP contribution in [0.5, 0.6) is 0 Å². The van der Waals surface area contributed by atoms with Gasteiger partial charge in [-0.05, 0) is 23.6 Å². The van der Waals surface area contributed by atoms with Crippen LogP contribution in [0.3, 0.4) is 0 Å². The minimum Gasteiger partial charge on any atom is -0.480 e. The largest absolute Gasteiger partial charge is 0.480 e. The van der Waals surface area contributed by atoms with E-state index in [2.05, 4.69) is 21.9 Å². The van der Waals surface area contributed by atoms with E-state index in [0.717, 1.165) is 31.1 Å². The lowest BCUT2D eigenvalue weighted by Gasteiger charge is -2.38. The predicted octanol–water partition coefficient (Wildman–Crippen LogP) is 2.70. The minimum atomic E-state index is -0.759. The highest BCUT2D eigenvalue weighted by atomic mass is 32.1. The molecule has 0 radical (unpaired) electrons. The van der Waals surface area contributed by atoms with Crippen LogP contribution in [0.15, 0.2) is 47.8 Å². The van der Waals surface area contributed by atoms with Gasteiger partial charge < -0.3 is 10.0 Å². The number of para-hydroxylation sites is 1. The Balaban J connectivity index is 1.68. The van der Waals surface area contributed by atoms with Crippen molar-refractivity contribution >= 4 is 23.0 Å². The van der Waals surface area contributed by atoms with Crippen LogP contribution in [0, 0.1) is 0 Å². The molecule has 1 aromatic carbocycles. The fourth-order valence-electron chi connectivity index (χ4n) is 2.78. The van der Waals surface area contributed by atoms with Gasteiger partial charge in [0, 0.05) is 36.7 Å². The van der Waals surface area contributed by atoms with Crippen molar-refractivity contribution in [3.63, 3.8) is 0 Å². The molecule has 1 aromatic heterocycles. The van der Waals surface area contributed by atoms with E-state index < -0.39 is 12.0 Å². The highest BCUT2D eigenvalue weighted by Crippen LogP contribution is 2.27. The zero-order valence-corrected chi connectivity index (χ0v) is 12.5. The molecule has 110 valence electrons. The summed E-state index contributed by atoms with van der Waals surface area (Å²) in [5.41, 5.74) is 1.21. The molecule has 21 heavy (non-hydrogen) atoms. The van der Waals surface area contributed by atoms with Gasteiger partial charge in [-0.1, -0.05) is 24.3 Å². The molecule has 0 unspecified atom stereocenters. The summed E-state index contributed by atoms with van der Waals surface area (Å²) >= 11 is 1.51. The van der Waals surface area contributed by atoms with E-state index >= 15 is 0 Å². The van der Waals surface area contributed by atoms with Crippen LogP contribution in [0.2, 0.25) is 0 Å². The van der Waals surface area contributed by atoms with Crippen LogP contribution >= 0.6 is 11.3 Å². The van der Waals surface area contributed by atoms with Gasteiger partial charge in [-0.25, -0.2) is 0 Å². The molecular formula is C16H18N2O2S. The SMILES string of the molecule is O=C(O)[C@@H](c1cccs1)N1CCN(c2ccccc2)CC1. The van der Waals surface area contributed by atoms with Crippen molar-refractivity contribution in [1.29, 1.82) is 0 Å². The zero-order chi connectivity index (χ0) is 14.7. The second kappa shape index (κ2) is 6.28. The van der Waals surface area contributed by atoms with Crippen molar-refractivity contribution in [2.45, 2.75) is 6.04 Å². The van der Waals surface area contributed by atoms with E-state index in [-0.39, 0.29) is 0 Å². The number of carboxylic acid groups (broad SMARTS) is 1. The maximum atomic E-state index is 11.6. The summed E-state index contributed by atoms with van der Waals surface area (Å²) in [7, 11) is 0. The molecule has 0 spiro atoms. The van der Waals surface area contributed by atoms with E-state index in [1.54, 1.807) is 0 Å². The average Bonchev–Trinajstić information content (AvgIpc) is 3.03. The molecule has 1 aliphatic rings. The van der Waals surface area contributed by atoms with E-state index in [4.69, 9.17) is 0 Å². The Morgan fingerprint density at radius 3 is 2.33 bits per heavy atom. The standard InChI is InChI=1S/C16H18N2O2S/c19-16(20)15(14-7-4-12-21-14)18-10-8-17(9-11-18)13-5-2-1-3-6-13/h1-7,12,15H,8-11H2,(H,19,20)/t15-/m1/s1. The first-order chi connectivity index (χ1) is 10.3. The van der Waals surface area contributed by atoms with Crippen molar-refractivity contribution < 1.29 is 9.90 Å². The normalized spacial score (nSPS) is 17.6. The third-order valence-corrected chi connectivity index (χ3v) is 4.77. The summed E-state index contributed by atoms with van der Waals surface area (Å²) in [6.07, 6.45) is 0. The fourth-order valence-corrected chi connectivity index (χ4v) is 3.63. The molecule has 5 heteroatoms. The van der Waals surface area contributed by atoms with Crippen molar-refractivity contribution in [3.8, 4) is 0 Å². The Morgan fingerprint density at radius 2 is 1.76 bits per heavy atom. The third kappa shape index (κ3) is 3.09. The van der Waals surface area contributed by atoms with Crippen LogP contribution in [-0.2, 0) is 4.79 Å². The Kier molecular flexibility index (Phi) is 4.22. The Hall–Kier alpha value is -1.85. The van der Waals surface area contributed by atoms with Gasteiger partial charge in [0.1, 0.15) is 6.04 Å². The lowest BCUT2D eigenvalue weighted by molar-refractivity contribution is -0.143. The van der Waals surface area contributed by atoms with Gasteiger partial charge in [0.05, 0.1) is 0 Å². The lowest BCUT2D eigenvalue weighted by atomic mass is 10.1. The van der Waals surface area contributed by atoms with Gasteiger partial charge in [-0.15, -0.1) is 11.3 Å². The number of nitrogens with zero attached hydrogens (tertiary/aromatic N) is 2. The summed E-state index contributed by atoms with van der Waals surface area (Å²) in [6.45, 7) is 3.26. The van der Waals surface area contributed by atoms with Gasteiger partial charge in [-0.2, -0.15) is 0 Å². The summed E-state index contributed by atoms with van der Waals surface area (Å²) in [5.74, 6) is -0.759. The fraction of sp³-hybridized carbons (Fsp3) is 0.312. The minimum absolute atomic E-state index is 0.511. The number of rotatable bonds is 4. The molecule has 0 amide bonds. The molecule has 1 saturated heterocycles. The summed E-state index contributed by atoms with van der Waals surface area (Å²) in [4.78, 5) is 16.9. The van der Waals surface area contributed by atoms with Crippen LogP contribution in [0.1, 0.15) is 10.9 Å². The first-order valence-electron chi connectivity index (χ1n) is 7.06. The molecule has 1 atom stereocenters. The summed E-state index contributed by atoms with van der Waals surface area (Å²) in [5, 5.41) is 11.5. The van der Waals surface area contributed by atoms with E-state index in [0.29, 0.717) is 0 Å². The Bertz CT molecular complexity index is 578. The smallest absolute Gasteiger partial charge is 0.326 e. The van der Waals surface area contributed by atoms with Crippen LogP contribution in [-0.4, -0.2) is 42.2 Å². The number of anilines is 1. The highest BCUT2D eigenvalue weighted by molar-refractivity contribution is 7.10. The van der Waals surface area contributed by atoms with Gasteiger partial charge in [0.15, 0.2) is 0 Å². The first kappa shape index (κ1) is 14.1. The number of carbonyl (C=O) groups is 1. The lowest BCUT2D eigenvalue weighted by Crippen LogP contribution is -2.49. The van der Waals surface area contributed by atoms with E-state index in [1.807, 2.05) is 35.7 Å². The quantitative estimate of drug-likeness (QED) is 0.943. The molecule has 0 saturated carbocycles. The van der Waals surface area contributed by atoms with E-state index in [1.165, 1.54) is 17.0 Å². The molecule has 2 heterocycles. The maximum absolute atomic E-state index is 11.6. The van der Waals surface area contributed by atoms with Gasteiger partial charge >= 0.3 is 5.97 Å². The number of hydrogen-bond donors (Lipinski definition) is 1. The van der Waals surface area contributed by atoms with Gasteiger partial charge in [0.2, 0.25) is 0 Å². The molecule has 1 N–H and O–H groups in total. The molecule has 0 aliphatic carbocycles. The molecule has 0 bridgehead atoms. The number of aliphatic carboxylic acids is 1. The van der Waals surface area contributed by atoms with Crippen LogP contribution < -0.4 is 4.90 Å². The Labute approximate surface area is 128 Å². The summed E-state index contributed by atoms with van der Waals surface area (Å²) < 4.78 is 0. The monoisotopic (exact) mass is 302 g/mol. The van der Waals surface area contributed by atoms with Crippen molar-refractivity contribution in [3.05, 3.63) is 52.7 Å². The maximum Gasteiger partial charge on any atom is 0.326 e. The number of piperazine rings is 1. The first-order valence-corrected chi connectivity index (χ1v) is 7.94. The van der Waals surface area contributed by atoms with Crippen LogP contribution in [0.4, 0.5) is 5.69 Å². The molecule has 1 fully saturated rings. The molecule has 2 aromatic rings. The average molecular weight is 302 g/mol. The second-order valence-corrected chi connectivity index (χ2v) is 6.09. The topological polar surface area (TPSA) is 43.8 Å². The number of hydrogen-bond acceptors (Lipinski definition) is 4. The summed E-state index contributed by atoms with van der Waals surface area (Å²) in [6, 6.07) is 13.6. The van der Waals surface area contributed by atoms with Crippen molar-refractivity contribution in [1.82, 2.24) is 4.90 Å². The number of carboxylic acids is 1. The Morgan fingerprint density at radius 1 is 1.05 bits per heavy atom.